The van der Waals surface area contributed by atoms with Crippen molar-refractivity contribution >= 4 is 21.4 Å². The van der Waals surface area contributed by atoms with Gasteiger partial charge in [0, 0.05) is 12.6 Å². The third-order valence-corrected chi connectivity index (χ3v) is 9.81. The molecule has 8 nitrogen and oxygen atoms in total. The van der Waals surface area contributed by atoms with Crippen LogP contribution in [0.5, 0.6) is 0 Å². The first-order valence-electron chi connectivity index (χ1n) is 10.5. The molecule has 2 unspecified atom stereocenters. The molecular formula is C21H33NO7P2. The molecule has 0 spiro atoms. The van der Waals surface area contributed by atoms with Crippen LogP contribution in [0, 0.1) is 5.92 Å². The molecular weight excluding hydrogens is 440 g/mol. The van der Waals surface area contributed by atoms with Crippen molar-refractivity contribution in [3.8, 4) is 0 Å². The molecule has 1 aliphatic rings. The van der Waals surface area contributed by atoms with E-state index in [9.17, 15) is 33.8 Å². The Bertz CT molecular complexity index is 826. The number of nitrogens with zero attached hydrogens (tertiary/aromatic N) is 1. The van der Waals surface area contributed by atoms with Crippen LogP contribution in [0.15, 0.2) is 47.5 Å². The standard InChI is InChI=1S/C21H33NO7P2/c1-20(15-10-16-22-20)19(17-21(23,30(24,25)26)31(27,28)29)14-9-4-2-3-6-11-18-12-7-5-8-13-18/h5,7-8,10,12-13,15-16,19,23H,2-4,6,9,11,14,17H2,1H3,(H2,24,25,26)(H2,27,28,29). The maximum Gasteiger partial charge on any atom is 0.369 e. The maximum absolute atomic E-state index is 11.8. The molecule has 1 aromatic carbocycles. The van der Waals surface area contributed by atoms with E-state index in [1.807, 2.05) is 18.2 Å². The Morgan fingerprint density at radius 2 is 1.55 bits per heavy atom. The average molecular weight is 473 g/mol. The lowest BCUT2D eigenvalue weighted by Crippen LogP contribution is -2.38. The normalized spacial score (nSPS) is 20.3. The fraction of sp³-hybridized carbons (Fsp3) is 0.571. The first kappa shape index (κ1) is 26.1. The van der Waals surface area contributed by atoms with Crippen LogP contribution in [0.2, 0.25) is 0 Å². The van der Waals surface area contributed by atoms with Gasteiger partial charge in [-0.15, -0.1) is 0 Å². The molecule has 31 heavy (non-hydrogen) atoms. The molecule has 0 radical (unpaired) electrons. The molecule has 0 saturated carbocycles. The Balaban J connectivity index is 1.94. The van der Waals surface area contributed by atoms with Crippen LogP contribution in [0.1, 0.15) is 57.4 Å². The van der Waals surface area contributed by atoms with Crippen LogP contribution >= 0.6 is 15.2 Å². The van der Waals surface area contributed by atoms with Crippen molar-refractivity contribution in [1.82, 2.24) is 0 Å². The zero-order valence-corrected chi connectivity index (χ0v) is 19.5. The van der Waals surface area contributed by atoms with Gasteiger partial charge in [0.2, 0.25) is 0 Å². The zero-order chi connectivity index (χ0) is 23.2. The fourth-order valence-electron chi connectivity index (χ4n) is 3.96. The second-order valence-corrected chi connectivity index (χ2v) is 12.4. The molecule has 0 bridgehead atoms. The number of rotatable bonds is 13. The van der Waals surface area contributed by atoms with Gasteiger partial charge in [-0.25, -0.2) is 0 Å². The Kier molecular flexibility index (Phi) is 9.00. The lowest BCUT2D eigenvalue weighted by Gasteiger charge is -2.37. The van der Waals surface area contributed by atoms with Gasteiger partial charge in [0.15, 0.2) is 0 Å². The topological polar surface area (TPSA) is 148 Å². The average Bonchev–Trinajstić information content (AvgIpc) is 3.13. The molecule has 174 valence electrons. The molecule has 5 N–H and O–H groups in total. The van der Waals surface area contributed by atoms with Crippen molar-refractivity contribution in [2.24, 2.45) is 10.9 Å². The number of aliphatic imine (C=N–C) groups is 1. The monoisotopic (exact) mass is 473 g/mol. The summed E-state index contributed by atoms with van der Waals surface area (Å²) in [5.74, 6) is -0.642. The highest BCUT2D eigenvalue weighted by Crippen LogP contribution is 2.70. The number of hydrogen-bond acceptors (Lipinski definition) is 4. The van der Waals surface area contributed by atoms with Gasteiger partial charge >= 0.3 is 15.2 Å². The lowest BCUT2D eigenvalue weighted by atomic mass is 9.80. The summed E-state index contributed by atoms with van der Waals surface area (Å²) in [6.45, 7) is 1.73. The molecule has 10 heteroatoms. The second kappa shape index (κ2) is 10.7. The van der Waals surface area contributed by atoms with E-state index in [-0.39, 0.29) is 0 Å². The number of aliphatic hydroxyl groups is 1. The van der Waals surface area contributed by atoms with Gasteiger partial charge in [-0.05, 0) is 43.7 Å². The van der Waals surface area contributed by atoms with E-state index in [1.54, 1.807) is 25.3 Å². The van der Waals surface area contributed by atoms with E-state index in [0.29, 0.717) is 12.8 Å². The van der Waals surface area contributed by atoms with E-state index >= 15 is 0 Å². The van der Waals surface area contributed by atoms with Crippen molar-refractivity contribution in [3.63, 3.8) is 0 Å². The highest BCUT2D eigenvalue weighted by molar-refractivity contribution is 7.72. The van der Waals surface area contributed by atoms with Crippen LogP contribution in [0.25, 0.3) is 0 Å². The van der Waals surface area contributed by atoms with Crippen LogP contribution in [-0.2, 0) is 15.6 Å². The predicted octanol–water partition coefficient (Wildman–Crippen LogP) is 3.98. The van der Waals surface area contributed by atoms with Gasteiger partial charge in [-0.3, -0.25) is 14.1 Å². The lowest BCUT2D eigenvalue weighted by molar-refractivity contribution is 0.0936. The second-order valence-electron chi connectivity index (χ2n) is 8.42. The third kappa shape index (κ3) is 6.93. The molecule has 0 fully saturated rings. The summed E-state index contributed by atoms with van der Waals surface area (Å²) in [6, 6.07) is 10.2. The fourth-order valence-corrected chi connectivity index (χ4v) is 6.23. The van der Waals surface area contributed by atoms with Crippen molar-refractivity contribution in [3.05, 3.63) is 48.0 Å². The van der Waals surface area contributed by atoms with E-state index in [2.05, 4.69) is 17.1 Å². The largest absolute Gasteiger partial charge is 0.369 e. The SMILES string of the molecule is CC1(C(CCCCCCCc2ccccc2)CC(O)(P(=O)(O)O)P(=O)(O)O)C=CC=N1. The summed E-state index contributed by atoms with van der Waals surface area (Å²) < 4.78 is 23.6. The predicted molar refractivity (Wildman–Crippen MR) is 121 cm³/mol. The summed E-state index contributed by atoms with van der Waals surface area (Å²) in [6.07, 6.45) is 10.3. The van der Waals surface area contributed by atoms with E-state index < -0.39 is 38.2 Å². The summed E-state index contributed by atoms with van der Waals surface area (Å²) in [4.78, 5) is 42.4. The van der Waals surface area contributed by atoms with E-state index in [0.717, 1.165) is 32.1 Å². The summed E-state index contributed by atoms with van der Waals surface area (Å²) in [7, 11) is -11.0. The highest BCUT2D eigenvalue weighted by Gasteiger charge is 2.61. The summed E-state index contributed by atoms with van der Waals surface area (Å²) >= 11 is 0. The first-order valence-corrected chi connectivity index (χ1v) is 13.7. The Morgan fingerprint density at radius 1 is 0.968 bits per heavy atom. The minimum Gasteiger partial charge on any atom is -0.368 e. The van der Waals surface area contributed by atoms with E-state index in [1.165, 1.54) is 5.56 Å². The number of allylic oxidation sites excluding steroid dienone is 1. The zero-order valence-electron chi connectivity index (χ0n) is 17.7. The molecule has 1 heterocycles. The molecule has 0 aliphatic carbocycles. The van der Waals surface area contributed by atoms with Crippen LogP contribution in [0.3, 0.4) is 0 Å². The van der Waals surface area contributed by atoms with Gasteiger partial charge < -0.3 is 24.7 Å². The Labute approximate surface area is 183 Å². The third-order valence-electron chi connectivity index (χ3n) is 6.01. The van der Waals surface area contributed by atoms with Gasteiger partial charge in [0.25, 0.3) is 5.08 Å². The van der Waals surface area contributed by atoms with Crippen LogP contribution < -0.4 is 0 Å². The van der Waals surface area contributed by atoms with Gasteiger partial charge in [0.05, 0.1) is 5.54 Å². The van der Waals surface area contributed by atoms with Crippen LogP contribution in [-0.4, -0.2) is 41.5 Å². The Morgan fingerprint density at radius 3 is 2.10 bits per heavy atom. The van der Waals surface area contributed by atoms with Gasteiger partial charge in [-0.1, -0.05) is 62.1 Å². The molecule has 1 aliphatic heterocycles. The summed E-state index contributed by atoms with van der Waals surface area (Å²) in [5, 5.41) is 6.99. The van der Waals surface area contributed by atoms with Crippen molar-refractivity contribution in [2.45, 2.75) is 68.9 Å². The minimum absolute atomic E-state index is 0.430. The maximum atomic E-state index is 11.8. The van der Waals surface area contributed by atoms with Gasteiger partial charge in [-0.2, -0.15) is 0 Å². The van der Waals surface area contributed by atoms with Crippen molar-refractivity contribution < 1.29 is 33.8 Å². The van der Waals surface area contributed by atoms with Crippen molar-refractivity contribution in [1.29, 1.82) is 0 Å². The quantitative estimate of drug-likeness (QED) is 0.215. The smallest absolute Gasteiger partial charge is 0.368 e. The molecule has 2 atom stereocenters. The molecule has 1 aromatic rings. The molecule has 0 aromatic heterocycles. The van der Waals surface area contributed by atoms with Gasteiger partial charge in [0.1, 0.15) is 0 Å². The number of benzene rings is 1. The molecule has 2 rings (SSSR count). The molecule has 0 saturated heterocycles. The van der Waals surface area contributed by atoms with Crippen molar-refractivity contribution in [2.75, 3.05) is 0 Å². The number of hydrogen-bond donors (Lipinski definition) is 5. The number of aryl methyl sites for hydroxylation is 1. The minimum atomic E-state index is -5.50. The number of unbranched alkanes of at least 4 members (excludes halogenated alkanes) is 4. The van der Waals surface area contributed by atoms with E-state index in [4.69, 9.17) is 0 Å². The molecule has 0 amide bonds. The Hall–Kier alpha value is -1.11. The van der Waals surface area contributed by atoms with Crippen LogP contribution in [0.4, 0.5) is 0 Å². The summed E-state index contributed by atoms with van der Waals surface area (Å²) in [5.41, 5.74) is 0.418. The highest BCUT2D eigenvalue weighted by atomic mass is 31.2. The first-order chi connectivity index (χ1) is 14.4.